The molecule has 0 saturated carbocycles. The van der Waals surface area contributed by atoms with Crippen LogP contribution in [-0.2, 0) is 4.74 Å². The second-order valence-corrected chi connectivity index (χ2v) is 8.20. The number of nitriles is 1. The number of ether oxygens (including phenoxy) is 1. The highest BCUT2D eigenvalue weighted by atomic mass is 35.5. The van der Waals surface area contributed by atoms with E-state index >= 15 is 0 Å². The van der Waals surface area contributed by atoms with E-state index in [1.165, 1.54) is 6.33 Å². The Morgan fingerprint density at radius 1 is 1.29 bits per heavy atom. The van der Waals surface area contributed by atoms with Gasteiger partial charge in [-0.15, -0.1) is 0 Å². The van der Waals surface area contributed by atoms with Gasteiger partial charge in [0.05, 0.1) is 22.7 Å². The highest BCUT2D eigenvalue weighted by Gasteiger charge is 2.26. The van der Waals surface area contributed by atoms with Gasteiger partial charge in [0.25, 0.3) is 0 Å². The van der Waals surface area contributed by atoms with Crippen molar-refractivity contribution in [2.75, 3.05) is 18.4 Å². The van der Waals surface area contributed by atoms with Crippen molar-refractivity contribution in [2.45, 2.75) is 38.8 Å². The normalized spacial score (nSPS) is 14.6. The zero-order valence-corrected chi connectivity index (χ0v) is 18.1. The molecule has 3 heterocycles. The summed E-state index contributed by atoms with van der Waals surface area (Å²) in [6.07, 6.45) is 4.78. The number of hydrogen-bond acceptors (Lipinski definition) is 6. The van der Waals surface area contributed by atoms with Crippen molar-refractivity contribution in [3.63, 3.8) is 0 Å². The van der Waals surface area contributed by atoms with E-state index in [4.69, 9.17) is 16.3 Å². The van der Waals surface area contributed by atoms with E-state index in [1.54, 1.807) is 23.1 Å². The molecule has 0 atom stereocenters. The molecular weight excluding hydrogens is 416 g/mol. The smallest absolute Gasteiger partial charge is 0.410 e. The Balaban J connectivity index is 1.54. The van der Waals surface area contributed by atoms with Gasteiger partial charge >= 0.3 is 6.09 Å². The Morgan fingerprint density at radius 2 is 2.06 bits per heavy atom. The van der Waals surface area contributed by atoms with E-state index in [9.17, 15) is 10.1 Å². The minimum atomic E-state index is -0.254. The zero-order chi connectivity index (χ0) is 22.0. The molecule has 1 amide bonds. The summed E-state index contributed by atoms with van der Waals surface area (Å²) in [5.41, 5.74) is 1.89. The van der Waals surface area contributed by atoms with Crippen LogP contribution in [0.3, 0.4) is 0 Å². The summed E-state index contributed by atoms with van der Waals surface area (Å²) in [7, 11) is 0. The van der Waals surface area contributed by atoms with Crippen LogP contribution in [0.25, 0.3) is 11.0 Å². The maximum atomic E-state index is 12.1. The standard InChI is InChI=1S/C22H23ClN6O2/c1-14(2)31-22(30)28-8-5-17(6-9-28)29-10-7-18-20(25-13-26-21(18)29)27-19-4-3-16(23)11-15(19)12-24/h3-4,7,10-11,13-14,17H,5-6,8-9H2,1-2H3,(H,25,26,27). The summed E-state index contributed by atoms with van der Waals surface area (Å²) in [4.78, 5) is 22.8. The van der Waals surface area contributed by atoms with Gasteiger partial charge in [-0.3, -0.25) is 0 Å². The zero-order valence-electron chi connectivity index (χ0n) is 17.4. The number of nitrogens with zero attached hydrogens (tertiary/aromatic N) is 5. The number of carbonyl (C=O) groups is 1. The lowest BCUT2D eigenvalue weighted by molar-refractivity contribution is 0.0663. The molecule has 0 bridgehead atoms. The molecule has 160 valence electrons. The predicted octanol–water partition coefficient (Wildman–Crippen LogP) is 4.88. The van der Waals surface area contributed by atoms with Gasteiger partial charge < -0.3 is 19.5 Å². The van der Waals surface area contributed by atoms with Gasteiger partial charge in [0, 0.05) is 30.4 Å². The molecule has 0 radical (unpaired) electrons. The molecule has 0 unspecified atom stereocenters. The molecule has 1 saturated heterocycles. The number of piperidine rings is 1. The van der Waals surface area contributed by atoms with Gasteiger partial charge in [0.15, 0.2) is 0 Å². The first-order chi connectivity index (χ1) is 15.0. The lowest BCUT2D eigenvalue weighted by Gasteiger charge is -2.32. The van der Waals surface area contributed by atoms with Crippen LogP contribution in [0, 0.1) is 11.3 Å². The lowest BCUT2D eigenvalue weighted by atomic mass is 10.1. The molecule has 4 rings (SSSR count). The van der Waals surface area contributed by atoms with E-state index in [2.05, 4.69) is 25.9 Å². The van der Waals surface area contributed by atoms with Crippen LogP contribution in [0.2, 0.25) is 5.02 Å². The summed E-state index contributed by atoms with van der Waals surface area (Å²) in [6.45, 7) is 4.99. The fourth-order valence-corrected chi connectivity index (χ4v) is 3.99. The third kappa shape index (κ3) is 4.42. The number of likely N-dealkylation sites (tertiary alicyclic amines) is 1. The molecular formula is C22H23ClN6O2. The number of fused-ring (bicyclic) bond motifs is 1. The van der Waals surface area contributed by atoms with Crippen LogP contribution in [0.15, 0.2) is 36.8 Å². The van der Waals surface area contributed by atoms with E-state index < -0.39 is 0 Å². The topological polar surface area (TPSA) is 96.1 Å². The van der Waals surface area contributed by atoms with E-state index in [0.29, 0.717) is 35.2 Å². The number of carbonyl (C=O) groups excluding carboxylic acids is 1. The van der Waals surface area contributed by atoms with Crippen molar-refractivity contribution >= 4 is 40.2 Å². The number of anilines is 2. The molecule has 1 N–H and O–H groups in total. The quantitative estimate of drug-likeness (QED) is 0.623. The van der Waals surface area contributed by atoms with Gasteiger partial charge in [-0.1, -0.05) is 11.6 Å². The van der Waals surface area contributed by atoms with Crippen molar-refractivity contribution < 1.29 is 9.53 Å². The van der Waals surface area contributed by atoms with Gasteiger partial charge in [-0.25, -0.2) is 14.8 Å². The number of halogens is 1. The molecule has 31 heavy (non-hydrogen) atoms. The molecule has 3 aromatic rings. The highest BCUT2D eigenvalue weighted by Crippen LogP contribution is 2.31. The van der Waals surface area contributed by atoms with Crippen molar-refractivity contribution in [3.8, 4) is 6.07 Å². The van der Waals surface area contributed by atoms with E-state index in [1.807, 2.05) is 26.1 Å². The van der Waals surface area contributed by atoms with Crippen molar-refractivity contribution in [1.29, 1.82) is 5.26 Å². The lowest BCUT2D eigenvalue weighted by Crippen LogP contribution is -2.40. The fraction of sp³-hybridized carbons (Fsp3) is 0.364. The summed E-state index contributed by atoms with van der Waals surface area (Å²) in [5, 5.41) is 14.0. The van der Waals surface area contributed by atoms with Crippen molar-refractivity contribution in [2.24, 2.45) is 0 Å². The van der Waals surface area contributed by atoms with E-state index in [0.717, 1.165) is 23.9 Å². The first kappa shape index (κ1) is 20.9. The Hall–Kier alpha value is -3.31. The molecule has 1 aliphatic heterocycles. The Bertz CT molecular complexity index is 1140. The largest absolute Gasteiger partial charge is 0.447 e. The molecule has 8 nitrogen and oxygen atoms in total. The molecule has 0 spiro atoms. The molecule has 1 aromatic carbocycles. The molecule has 9 heteroatoms. The van der Waals surface area contributed by atoms with Gasteiger partial charge in [0.2, 0.25) is 0 Å². The number of hydrogen-bond donors (Lipinski definition) is 1. The molecule has 0 aliphatic carbocycles. The predicted molar refractivity (Wildman–Crippen MR) is 118 cm³/mol. The van der Waals surface area contributed by atoms with Gasteiger partial charge in [0.1, 0.15) is 23.9 Å². The first-order valence-electron chi connectivity index (χ1n) is 10.2. The monoisotopic (exact) mass is 438 g/mol. The maximum Gasteiger partial charge on any atom is 0.410 e. The second-order valence-electron chi connectivity index (χ2n) is 7.76. The average Bonchev–Trinajstić information content (AvgIpc) is 3.19. The molecule has 1 aliphatic rings. The fourth-order valence-electron chi connectivity index (χ4n) is 3.81. The average molecular weight is 439 g/mol. The summed E-state index contributed by atoms with van der Waals surface area (Å²) >= 11 is 6.00. The third-order valence-electron chi connectivity index (χ3n) is 5.32. The summed E-state index contributed by atoms with van der Waals surface area (Å²) < 4.78 is 7.44. The van der Waals surface area contributed by atoms with Crippen LogP contribution in [0.1, 0.15) is 38.3 Å². The Morgan fingerprint density at radius 3 is 2.77 bits per heavy atom. The van der Waals surface area contributed by atoms with Crippen molar-refractivity contribution in [1.82, 2.24) is 19.4 Å². The molecule has 1 fully saturated rings. The van der Waals surface area contributed by atoms with Crippen LogP contribution < -0.4 is 5.32 Å². The number of rotatable bonds is 4. The number of aromatic nitrogens is 3. The van der Waals surface area contributed by atoms with E-state index in [-0.39, 0.29) is 18.2 Å². The number of amides is 1. The summed E-state index contributed by atoms with van der Waals surface area (Å²) in [5.74, 6) is 0.625. The number of nitrogens with one attached hydrogen (secondary N) is 1. The van der Waals surface area contributed by atoms with Gasteiger partial charge in [-0.05, 0) is 51.0 Å². The van der Waals surface area contributed by atoms with Crippen LogP contribution in [0.4, 0.5) is 16.3 Å². The maximum absolute atomic E-state index is 12.1. The summed E-state index contributed by atoms with van der Waals surface area (Å²) in [6, 6.07) is 9.46. The molecule has 2 aromatic heterocycles. The SMILES string of the molecule is CC(C)OC(=O)N1CCC(n2ccc3c(Nc4ccc(Cl)cc4C#N)ncnc32)CC1. The third-order valence-corrected chi connectivity index (χ3v) is 5.55. The van der Waals surface area contributed by atoms with Crippen LogP contribution in [0.5, 0.6) is 0 Å². The number of benzene rings is 1. The van der Waals surface area contributed by atoms with Gasteiger partial charge in [-0.2, -0.15) is 5.26 Å². The minimum absolute atomic E-state index is 0.122. The van der Waals surface area contributed by atoms with Crippen LogP contribution >= 0.6 is 11.6 Å². The van der Waals surface area contributed by atoms with Crippen LogP contribution in [-0.4, -0.2) is 44.7 Å². The Kier molecular flexibility index (Phi) is 5.96. The minimum Gasteiger partial charge on any atom is -0.447 e. The Labute approximate surface area is 185 Å². The second kappa shape index (κ2) is 8.82. The highest BCUT2D eigenvalue weighted by molar-refractivity contribution is 6.30. The first-order valence-corrected chi connectivity index (χ1v) is 10.6. The van der Waals surface area contributed by atoms with Crippen molar-refractivity contribution in [3.05, 3.63) is 47.4 Å².